The van der Waals surface area contributed by atoms with E-state index in [2.05, 4.69) is 20.2 Å². The minimum Gasteiger partial charge on any atom is -0.507 e. The van der Waals surface area contributed by atoms with Crippen LogP contribution in [-0.2, 0) is 0 Å². The number of aromatic nitrogens is 6. The molecule has 28 heavy (non-hydrogen) atoms. The molecule has 0 aliphatic rings. The Morgan fingerprint density at radius 1 is 1.11 bits per heavy atom. The van der Waals surface area contributed by atoms with Gasteiger partial charge in [0, 0.05) is 11.1 Å². The Kier molecular flexibility index (Phi) is 3.66. The predicted molar refractivity (Wildman–Crippen MR) is 104 cm³/mol. The molecular formula is C19H13ClN6O2. The van der Waals surface area contributed by atoms with E-state index < -0.39 is 0 Å². The maximum absolute atomic E-state index is 10.3. The van der Waals surface area contributed by atoms with Crippen molar-refractivity contribution >= 4 is 28.3 Å². The normalized spacial score (nSPS) is 11.4. The van der Waals surface area contributed by atoms with Crippen LogP contribution in [0.2, 0.25) is 5.02 Å². The van der Waals surface area contributed by atoms with Gasteiger partial charge in [-0.1, -0.05) is 17.7 Å². The summed E-state index contributed by atoms with van der Waals surface area (Å²) in [7, 11) is 1.54. The van der Waals surface area contributed by atoms with Gasteiger partial charge in [-0.3, -0.25) is 0 Å². The molecule has 9 heteroatoms. The first kappa shape index (κ1) is 16.5. The topological polar surface area (TPSA) is 90.4 Å². The van der Waals surface area contributed by atoms with Gasteiger partial charge in [0.05, 0.1) is 29.9 Å². The first-order chi connectivity index (χ1) is 13.6. The lowest BCUT2D eigenvalue weighted by molar-refractivity contribution is 0.408. The highest BCUT2D eigenvalue weighted by atomic mass is 35.5. The van der Waals surface area contributed by atoms with Crippen LogP contribution in [-0.4, -0.2) is 41.6 Å². The van der Waals surface area contributed by atoms with E-state index in [1.165, 1.54) is 13.2 Å². The zero-order valence-corrected chi connectivity index (χ0v) is 15.4. The highest BCUT2D eigenvalue weighted by Gasteiger charge is 2.16. The summed E-state index contributed by atoms with van der Waals surface area (Å²) in [6.45, 7) is 0. The fraction of sp³-hybridized carbons (Fsp3) is 0.0526. The summed E-state index contributed by atoms with van der Waals surface area (Å²) in [4.78, 5) is 9.05. The summed E-state index contributed by atoms with van der Waals surface area (Å²) >= 11 is 6.09. The lowest BCUT2D eigenvalue weighted by Gasteiger charge is -2.03. The van der Waals surface area contributed by atoms with Gasteiger partial charge in [0.25, 0.3) is 0 Å². The third-order valence-electron chi connectivity index (χ3n) is 4.40. The van der Waals surface area contributed by atoms with E-state index in [0.717, 1.165) is 11.1 Å². The Hall–Kier alpha value is -3.65. The molecule has 3 heterocycles. The summed E-state index contributed by atoms with van der Waals surface area (Å²) < 4.78 is 8.37. The molecule has 0 bridgehead atoms. The number of phenolic OH excluding ortho intramolecular Hbond substituents is 1. The van der Waals surface area contributed by atoms with Crippen molar-refractivity contribution in [2.75, 3.05) is 7.11 Å². The molecule has 0 fully saturated rings. The molecule has 0 spiro atoms. The van der Waals surface area contributed by atoms with Crippen LogP contribution in [0.4, 0.5) is 0 Å². The van der Waals surface area contributed by atoms with Crippen molar-refractivity contribution in [3.8, 4) is 28.6 Å². The van der Waals surface area contributed by atoms with Crippen molar-refractivity contribution < 1.29 is 9.84 Å². The van der Waals surface area contributed by atoms with E-state index in [-0.39, 0.29) is 5.75 Å². The molecule has 0 aliphatic carbocycles. The van der Waals surface area contributed by atoms with E-state index in [1.54, 1.807) is 39.9 Å². The second kappa shape index (κ2) is 6.21. The molecule has 0 aliphatic heterocycles. The minimum absolute atomic E-state index is 0.0362. The quantitative estimate of drug-likeness (QED) is 0.505. The number of benzene rings is 2. The molecule has 138 valence electrons. The lowest BCUT2D eigenvalue weighted by atomic mass is 10.2. The molecular weight excluding hydrogens is 380 g/mol. The molecule has 5 aromatic rings. The molecule has 0 unspecified atom stereocenters. The Morgan fingerprint density at radius 2 is 2.00 bits per heavy atom. The standard InChI is InChI=1S/C19H13ClN6O2/c1-28-13-5-6-14(16(27)8-13)17-23-19-15-9-22-26(12-4-2-3-11(20)7-12)18(15)21-10-25(19)24-17/h2-10,27H,1H3. The van der Waals surface area contributed by atoms with Crippen LogP contribution in [0.5, 0.6) is 11.5 Å². The van der Waals surface area contributed by atoms with E-state index in [1.807, 2.05) is 18.2 Å². The second-order valence-corrected chi connectivity index (χ2v) is 6.54. The van der Waals surface area contributed by atoms with Crippen LogP contribution in [0, 0.1) is 0 Å². The van der Waals surface area contributed by atoms with Crippen molar-refractivity contribution in [3.63, 3.8) is 0 Å². The van der Waals surface area contributed by atoms with E-state index in [4.69, 9.17) is 16.3 Å². The third-order valence-corrected chi connectivity index (χ3v) is 4.64. The van der Waals surface area contributed by atoms with Crippen LogP contribution in [0.1, 0.15) is 0 Å². The number of phenols is 1. The van der Waals surface area contributed by atoms with Crippen LogP contribution in [0.25, 0.3) is 33.8 Å². The second-order valence-electron chi connectivity index (χ2n) is 6.10. The number of hydrogen-bond donors (Lipinski definition) is 1. The van der Waals surface area contributed by atoms with Gasteiger partial charge in [0.1, 0.15) is 17.8 Å². The number of rotatable bonds is 3. The first-order valence-electron chi connectivity index (χ1n) is 8.36. The molecule has 0 saturated carbocycles. The zero-order valence-electron chi connectivity index (χ0n) is 14.6. The van der Waals surface area contributed by atoms with Crippen LogP contribution < -0.4 is 4.74 Å². The SMILES string of the molecule is COc1ccc(-c2nc3c4cnn(-c5cccc(Cl)c5)c4ncn3n2)c(O)c1. The van der Waals surface area contributed by atoms with Crippen LogP contribution in [0.15, 0.2) is 55.0 Å². The van der Waals surface area contributed by atoms with Gasteiger partial charge in [0.15, 0.2) is 17.1 Å². The highest BCUT2D eigenvalue weighted by molar-refractivity contribution is 6.30. The third kappa shape index (κ3) is 2.54. The van der Waals surface area contributed by atoms with Crippen molar-refractivity contribution in [2.45, 2.75) is 0 Å². The van der Waals surface area contributed by atoms with Gasteiger partial charge in [-0.15, -0.1) is 5.10 Å². The van der Waals surface area contributed by atoms with E-state index >= 15 is 0 Å². The zero-order chi connectivity index (χ0) is 19.3. The summed E-state index contributed by atoms with van der Waals surface area (Å²) in [6.07, 6.45) is 3.25. The van der Waals surface area contributed by atoms with Crippen molar-refractivity contribution in [2.24, 2.45) is 0 Å². The number of fused-ring (bicyclic) bond motifs is 3. The minimum atomic E-state index is 0.0362. The Labute approximate surface area is 163 Å². The summed E-state index contributed by atoms with van der Waals surface area (Å²) in [5, 5.41) is 20.5. The number of halogens is 1. The lowest BCUT2D eigenvalue weighted by Crippen LogP contribution is -1.98. The summed E-state index contributed by atoms with van der Waals surface area (Å²) in [5.74, 6) is 0.968. The van der Waals surface area contributed by atoms with Gasteiger partial charge >= 0.3 is 0 Å². The van der Waals surface area contributed by atoms with Gasteiger partial charge in [-0.2, -0.15) is 5.10 Å². The molecule has 0 atom stereocenters. The van der Waals surface area contributed by atoms with Crippen LogP contribution in [0.3, 0.4) is 0 Å². The fourth-order valence-corrected chi connectivity index (χ4v) is 3.24. The maximum Gasteiger partial charge on any atom is 0.185 e. The number of methoxy groups -OCH3 is 1. The molecule has 0 amide bonds. The largest absolute Gasteiger partial charge is 0.507 e. The molecule has 1 N–H and O–H groups in total. The number of ether oxygens (including phenoxy) is 1. The Balaban J connectivity index is 1.68. The van der Waals surface area contributed by atoms with E-state index in [9.17, 15) is 5.11 Å². The smallest absolute Gasteiger partial charge is 0.185 e. The summed E-state index contributed by atoms with van der Waals surface area (Å²) in [5.41, 5.74) is 2.52. The average molecular weight is 393 g/mol. The molecule has 0 saturated heterocycles. The monoisotopic (exact) mass is 392 g/mol. The number of aromatic hydroxyl groups is 1. The molecule has 3 aromatic heterocycles. The predicted octanol–water partition coefficient (Wildman–Crippen LogP) is 3.50. The molecule has 2 aromatic carbocycles. The van der Waals surface area contributed by atoms with Crippen molar-refractivity contribution in [1.82, 2.24) is 29.4 Å². The van der Waals surface area contributed by atoms with Crippen LogP contribution >= 0.6 is 11.6 Å². The number of hydrogen-bond acceptors (Lipinski definition) is 6. The van der Waals surface area contributed by atoms with Gasteiger partial charge in [-0.25, -0.2) is 19.2 Å². The van der Waals surface area contributed by atoms with Gasteiger partial charge in [0.2, 0.25) is 0 Å². The van der Waals surface area contributed by atoms with Gasteiger partial charge in [-0.05, 0) is 30.3 Å². The van der Waals surface area contributed by atoms with E-state index in [0.29, 0.717) is 33.5 Å². The van der Waals surface area contributed by atoms with Crippen molar-refractivity contribution in [1.29, 1.82) is 0 Å². The molecule has 0 radical (unpaired) electrons. The maximum atomic E-state index is 10.3. The highest BCUT2D eigenvalue weighted by Crippen LogP contribution is 2.31. The average Bonchev–Trinajstić information content (AvgIpc) is 3.31. The Morgan fingerprint density at radius 3 is 2.79 bits per heavy atom. The summed E-state index contributed by atoms with van der Waals surface area (Å²) in [6, 6.07) is 12.3. The fourth-order valence-electron chi connectivity index (χ4n) is 3.06. The molecule has 5 rings (SSSR count). The van der Waals surface area contributed by atoms with Gasteiger partial charge < -0.3 is 9.84 Å². The molecule has 8 nitrogen and oxygen atoms in total. The van der Waals surface area contributed by atoms with Crippen molar-refractivity contribution in [3.05, 3.63) is 60.0 Å². The Bertz CT molecular complexity index is 1340. The number of nitrogens with zero attached hydrogens (tertiary/aromatic N) is 6. The first-order valence-corrected chi connectivity index (χ1v) is 8.74.